The molecule has 0 radical (unpaired) electrons. The molecule has 4 rings (SSSR count). The van der Waals surface area contributed by atoms with Gasteiger partial charge in [-0.15, -0.1) is 0 Å². The fourth-order valence-electron chi connectivity index (χ4n) is 2.94. The van der Waals surface area contributed by atoms with Crippen LogP contribution in [0.15, 0.2) is 47.2 Å². The monoisotopic (exact) mass is 399 g/mol. The molecule has 1 aliphatic carbocycles. The van der Waals surface area contributed by atoms with Crippen LogP contribution in [0.25, 0.3) is 10.9 Å². The third-order valence-corrected chi connectivity index (χ3v) is 4.60. The first-order valence-electron chi connectivity index (χ1n) is 8.06. The number of halogens is 1. The van der Waals surface area contributed by atoms with Gasteiger partial charge in [-0.3, -0.25) is 9.97 Å². The van der Waals surface area contributed by atoms with E-state index in [9.17, 15) is 4.79 Å². The molecule has 1 aromatic carbocycles. The van der Waals surface area contributed by atoms with Gasteiger partial charge in [-0.25, -0.2) is 4.79 Å². The number of para-hydroxylation sites is 1. The van der Waals surface area contributed by atoms with Gasteiger partial charge >= 0.3 is 5.97 Å². The van der Waals surface area contributed by atoms with E-state index in [4.69, 9.17) is 15.8 Å². The van der Waals surface area contributed by atoms with E-state index in [1.165, 1.54) is 42.6 Å². The summed E-state index contributed by atoms with van der Waals surface area (Å²) in [6.45, 7) is 0. The molecule has 0 bridgehead atoms. The van der Waals surface area contributed by atoms with Crippen molar-refractivity contribution in [3.05, 3.63) is 64.0 Å². The molecular weight excluding hydrogens is 382 g/mol. The molecule has 0 saturated carbocycles. The lowest BCUT2D eigenvalue weighted by molar-refractivity contribution is 0.0696. The van der Waals surface area contributed by atoms with Crippen molar-refractivity contribution < 1.29 is 9.90 Å². The van der Waals surface area contributed by atoms with E-state index < -0.39 is 5.97 Å². The van der Waals surface area contributed by atoms with E-state index in [2.05, 4.69) is 27.0 Å². The maximum atomic E-state index is 10.3. The fraction of sp³-hybridized carbons (Fsp3) is 0.211. The molecule has 2 aromatic heterocycles. The smallest absolute Gasteiger partial charge is 0.337 e. The Morgan fingerprint density at radius 1 is 1.16 bits per heavy atom. The van der Waals surface area contributed by atoms with Crippen LogP contribution in [-0.2, 0) is 12.8 Å². The fourth-order valence-corrected chi connectivity index (χ4v) is 3.30. The van der Waals surface area contributed by atoms with Gasteiger partial charge in [0.25, 0.3) is 0 Å². The number of carbonyl (C=O) groups is 1. The Morgan fingerprint density at radius 2 is 1.92 bits per heavy atom. The molecule has 3 aromatic rings. The summed E-state index contributed by atoms with van der Waals surface area (Å²) in [7, 11) is 0. The molecule has 0 aliphatic heterocycles. The number of nitrogens with two attached hydrogens (primary N) is 1. The molecule has 3 N–H and O–H groups in total. The van der Waals surface area contributed by atoms with Gasteiger partial charge in [0.2, 0.25) is 0 Å². The largest absolute Gasteiger partial charge is 0.478 e. The molecular formula is C19H18BrN3O2. The van der Waals surface area contributed by atoms with Crippen molar-refractivity contribution in [3.63, 3.8) is 0 Å². The van der Waals surface area contributed by atoms with Crippen LogP contribution >= 0.6 is 15.9 Å². The van der Waals surface area contributed by atoms with Crippen LogP contribution in [0.1, 0.15) is 34.5 Å². The van der Waals surface area contributed by atoms with Gasteiger partial charge in [0.15, 0.2) is 0 Å². The summed E-state index contributed by atoms with van der Waals surface area (Å²) in [5, 5.41) is 9.56. The number of hydrogen-bond acceptors (Lipinski definition) is 4. The molecule has 1 aliphatic rings. The summed E-state index contributed by atoms with van der Waals surface area (Å²) in [5.74, 6) is -0.964. The maximum Gasteiger partial charge on any atom is 0.337 e. The summed E-state index contributed by atoms with van der Waals surface area (Å²) in [5.41, 5.74) is 10.9. The van der Waals surface area contributed by atoms with Crippen LogP contribution < -0.4 is 5.73 Å². The molecule has 0 amide bonds. The SMILES string of the molecule is Nc1c2c(nc3ccccc13)CCCC2.O=C(O)c1cncc(Br)c1. The van der Waals surface area contributed by atoms with E-state index >= 15 is 0 Å². The number of benzene rings is 1. The number of aromatic carboxylic acids is 1. The number of fused-ring (bicyclic) bond motifs is 2. The zero-order valence-electron chi connectivity index (χ0n) is 13.6. The number of aryl methyl sites for hydroxylation is 1. The molecule has 6 heteroatoms. The Morgan fingerprint density at radius 3 is 2.64 bits per heavy atom. The predicted octanol–water partition coefficient (Wildman–Crippen LogP) is 4.24. The van der Waals surface area contributed by atoms with Crippen molar-refractivity contribution in [2.45, 2.75) is 25.7 Å². The minimum Gasteiger partial charge on any atom is -0.478 e. The highest BCUT2D eigenvalue weighted by Gasteiger charge is 2.15. The van der Waals surface area contributed by atoms with Crippen LogP contribution in [0.2, 0.25) is 0 Å². The number of rotatable bonds is 1. The third kappa shape index (κ3) is 3.96. The van der Waals surface area contributed by atoms with E-state index in [-0.39, 0.29) is 5.56 Å². The normalized spacial score (nSPS) is 12.8. The first-order chi connectivity index (χ1) is 12.1. The van der Waals surface area contributed by atoms with Gasteiger partial charge in [0, 0.05) is 33.6 Å². The summed E-state index contributed by atoms with van der Waals surface area (Å²) in [6.07, 6.45) is 7.51. The molecule has 0 atom stereocenters. The standard InChI is InChI=1S/C13H14N2.C6H4BrNO2/c14-13-9-5-1-3-7-11(9)15-12-8-4-2-6-10(12)13;7-5-1-4(6(9)10)2-8-3-5/h1,3,5,7H,2,4,6,8H2,(H2,14,15);1-3H,(H,9,10). The highest BCUT2D eigenvalue weighted by atomic mass is 79.9. The molecule has 0 unspecified atom stereocenters. The lowest BCUT2D eigenvalue weighted by Crippen LogP contribution is -2.09. The molecule has 0 spiro atoms. The molecule has 5 nitrogen and oxygen atoms in total. The predicted molar refractivity (Wildman–Crippen MR) is 102 cm³/mol. The second-order valence-electron chi connectivity index (χ2n) is 5.87. The van der Waals surface area contributed by atoms with Crippen LogP contribution in [0.3, 0.4) is 0 Å². The maximum absolute atomic E-state index is 10.3. The average molecular weight is 400 g/mol. The topological polar surface area (TPSA) is 89.1 Å². The minimum absolute atomic E-state index is 0.189. The van der Waals surface area contributed by atoms with Gasteiger partial charge in [0.05, 0.1) is 11.1 Å². The zero-order chi connectivity index (χ0) is 17.8. The molecule has 128 valence electrons. The van der Waals surface area contributed by atoms with Gasteiger partial charge < -0.3 is 10.8 Å². The molecule has 0 saturated heterocycles. The number of anilines is 1. The number of aromatic nitrogens is 2. The Balaban J connectivity index is 0.000000160. The molecule has 0 fully saturated rings. The van der Waals surface area contributed by atoms with Crippen molar-refractivity contribution in [2.75, 3.05) is 5.73 Å². The summed E-state index contributed by atoms with van der Waals surface area (Å²) < 4.78 is 0.674. The summed E-state index contributed by atoms with van der Waals surface area (Å²) >= 11 is 3.10. The Bertz CT molecular complexity index is 928. The zero-order valence-corrected chi connectivity index (χ0v) is 15.2. The molecule has 25 heavy (non-hydrogen) atoms. The quantitative estimate of drug-likeness (QED) is 0.638. The second kappa shape index (κ2) is 7.61. The van der Waals surface area contributed by atoms with E-state index in [1.54, 1.807) is 0 Å². The Labute approximate surface area is 154 Å². The number of nitrogens with zero attached hydrogens (tertiary/aromatic N) is 2. The minimum atomic E-state index is -0.964. The Kier molecular flexibility index (Phi) is 5.28. The van der Waals surface area contributed by atoms with Crippen molar-refractivity contribution in [1.29, 1.82) is 0 Å². The molecule has 2 heterocycles. The van der Waals surface area contributed by atoms with Crippen LogP contribution in [0.5, 0.6) is 0 Å². The van der Waals surface area contributed by atoms with Gasteiger partial charge in [0.1, 0.15) is 0 Å². The first-order valence-corrected chi connectivity index (χ1v) is 8.85. The van der Waals surface area contributed by atoms with Crippen molar-refractivity contribution in [3.8, 4) is 0 Å². The Hall–Kier alpha value is -2.47. The average Bonchev–Trinajstić information content (AvgIpc) is 2.63. The van der Waals surface area contributed by atoms with Crippen LogP contribution in [0, 0.1) is 0 Å². The number of pyridine rings is 2. The van der Waals surface area contributed by atoms with Gasteiger partial charge in [-0.2, -0.15) is 0 Å². The number of carboxylic acids is 1. The van der Waals surface area contributed by atoms with E-state index in [0.29, 0.717) is 4.47 Å². The third-order valence-electron chi connectivity index (χ3n) is 4.17. The number of carboxylic acid groups (broad SMARTS) is 1. The summed E-state index contributed by atoms with van der Waals surface area (Å²) in [6, 6.07) is 9.64. The van der Waals surface area contributed by atoms with Crippen LogP contribution in [0.4, 0.5) is 5.69 Å². The lowest BCUT2D eigenvalue weighted by Gasteiger charge is -2.18. The van der Waals surface area contributed by atoms with Crippen LogP contribution in [-0.4, -0.2) is 21.0 Å². The summed E-state index contributed by atoms with van der Waals surface area (Å²) in [4.78, 5) is 18.7. The van der Waals surface area contributed by atoms with Crippen molar-refractivity contribution in [2.24, 2.45) is 0 Å². The number of nitrogen functional groups attached to an aromatic ring is 1. The number of hydrogen-bond donors (Lipinski definition) is 2. The van der Waals surface area contributed by atoms with E-state index in [1.807, 2.05) is 18.2 Å². The highest BCUT2D eigenvalue weighted by Crippen LogP contribution is 2.30. The first kappa shape index (κ1) is 17.4. The van der Waals surface area contributed by atoms with Gasteiger partial charge in [-0.05, 0) is 59.3 Å². The lowest BCUT2D eigenvalue weighted by atomic mass is 9.93. The van der Waals surface area contributed by atoms with Gasteiger partial charge in [-0.1, -0.05) is 18.2 Å². The van der Waals surface area contributed by atoms with Crippen molar-refractivity contribution >= 4 is 38.5 Å². The second-order valence-corrected chi connectivity index (χ2v) is 6.79. The van der Waals surface area contributed by atoms with E-state index in [0.717, 1.165) is 29.4 Å². The van der Waals surface area contributed by atoms with Crippen molar-refractivity contribution in [1.82, 2.24) is 9.97 Å². The highest BCUT2D eigenvalue weighted by molar-refractivity contribution is 9.10.